The van der Waals surface area contributed by atoms with Gasteiger partial charge in [-0.2, -0.15) is 0 Å². The van der Waals surface area contributed by atoms with Crippen LogP contribution in [0.5, 0.6) is 11.5 Å². The molecule has 216 valence electrons. The van der Waals surface area contributed by atoms with E-state index < -0.39 is 5.97 Å². The lowest BCUT2D eigenvalue weighted by Crippen LogP contribution is -2.07. The van der Waals surface area contributed by atoms with Gasteiger partial charge in [0.05, 0.1) is 35.7 Å². The molecule has 1 atom stereocenters. The van der Waals surface area contributed by atoms with Crippen molar-refractivity contribution in [3.63, 3.8) is 0 Å². The number of nitrogens with zero attached hydrogens (tertiary/aromatic N) is 4. The molecule has 0 fully saturated rings. The molecule has 0 amide bonds. The maximum atomic E-state index is 12.1. The summed E-state index contributed by atoms with van der Waals surface area (Å²) in [7, 11) is 1.52. The fraction of sp³-hybridized carbons (Fsp3) is 0.176. The number of hydrogen-bond acceptors (Lipinski definition) is 7. The number of pyridine rings is 2. The largest absolute Gasteiger partial charge is 0.496 e. The second-order valence-corrected chi connectivity index (χ2v) is 10.3. The average molecular weight is 575 g/mol. The normalized spacial score (nSPS) is 11.9. The van der Waals surface area contributed by atoms with E-state index in [1.165, 1.54) is 13.2 Å². The van der Waals surface area contributed by atoms with E-state index in [0.29, 0.717) is 22.8 Å². The van der Waals surface area contributed by atoms with Crippen LogP contribution in [0.1, 0.15) is 46.0 Å². The van der Waals surface area contributed by atoms with E-state index >= 15 is 0 Å². The highest BCUT2D eigenvalue weighted by Gasteiger charge is 2.25. The molecule has 0 saturated heterocycles. The maximum Gasteiger partial charge on any atom is 0.335 e. The number of aromatic carboxylic acids is 1. The third-order valence-corrected chi connectivity index (χ3v) is 7.56. The van der Waals surface area contributed by atoms with Crippen LogP contribution < -0.4 is 9.47 Å². The van der Waals surface area contributed by atoms with Crippen molar-refractivity contribution in [1.29, 1.82) is 0 Å². The molecule has 4 aromatic heterocycles. The summed E-state index contributed by atoms with van der Waals surface area (Å²) in [4.78, 5) is 21.6. The van der Waals surface area contributed by atoms with Gasteiger partial charge in [0, 0.05) is 40.7 Å². The van der Waals surface area contributed by atoms with Crippen molar-refractivity contribution in [1.82, 2.24) is 19.7 Å². The second-order valence-electron chi connectivity index (χ2n) is 10.3. The summed E-state index contributed by atoms with van der Waals surface area (Å²) in [6.07, 6.45) is 5.59. The van der Waals surface area contributed by atoms with Crippen LogP contribution in [0.25, 0.3) is 33.3 Å². The first-order valence-corrected chi connectivity index (χ1v) is 13.8. The molecule has 4 heterocycles. The lowest BCUT2D eigenvalue weighted by atomic mass is 9.99. The molecule has 43 heavy (non-hydrogen) atoms. The summed E-state index contributed by atoms with van der Waals surface area (Å²) in [5.41, 5.74) is 6.48. The number of rotatable bonds is 9. The van der Waals surface area contributed by atoms with Crippen molar-refractivity contribution in [3.05, 3.63) is 114 Å². The summed E-state index contributed by atoms with van der Waals surface area (Å²) < 4.78 is 19.7. The number of hydrogen-bond donors (Lipinski definition) is 1. The number of aryl methyl sites for hydroxylation is 2. The molecule has 0 aliphatic heterocycles. The Labute approximate surface area is 248 Å². The van der Waals surface area contributed by atoms with Crippen LogP contribution >= 0.6 is 0 Å². The monoisotopic (exact) mass is 574 g/mol. The minimum absolute atomic E-state index is 0.0591. The van der Waals surface area contributed by atoms with Crippen LogP contribution in [0.15, 0.2) is 89.8 Å². The Balaban J connectivity index is 1.61. The first-order chi connectivity index (χ1) is 20.9. The van der Waals surface area contributed by atoms with Gasteiger partial charge in [0.25, 0.3) is 0 Å². The second kappa shape index (κ2) is 11.4. The molecule has 0 spiro atoms. The first kappa shape index (κ1) is 27.7. The molecule has 6 aromatic rings. The number of aromatic nitrogens is 4. The van der Waals surface area contributed by atoms with Crippen LogP contribution in [0.2, 0.25) is 0 Å². The highest BCUT2D eigenvalue weighted by atomic mass is 16.5. The van der Waals surface area contributed by atoms with Gasteiger partial charge < -0.3 is 23.7 Å². The highest BCUT2D eigenvalue weighted by Crippen LogP contribution is 2.45. The number of methoxy groups -OCH3 is 1. The Morgan fingerprint density at radius 2 is 1.77 bits per heavy atom. The Hall–Kier alpha value is -5.44. The number of benzene rings is 2. The molecule has 9 heteroatoms. The molecule has 1 N–H and O–H groups in total. The minimum atomic E-state index is -1.08. The van der Waals surface area contributed by atoms with E-state index in [1.807, 2.05) is 74.8 Å². The van der Waals surface area contributed by atoms with Crippen LogP contribution in [0.3, 0.4) is 0 Å². The summed E-state index contributed by atoms with van der Waals surface area (Å²) in [5, 5.41) is 14.9. The SMILES string of the molecule is COc1cc(C(=O)O)cc(OCc2ccccc2)c1-c1cn([C@@H](C)c2ccccn2)c2ncc(-c3c(C)noc3C)cc12. The van der Waals surface area contributed by atoms with Gasteiger partial charge in [-0.25, -0.2) is 9.78 Å². The first-order valence-electron chi connectivity index (χ1n) is 13.8. The summed E-state index contributed by atoms with van der Waals surface area (Å²) in [6.45, 7) is 6.07. The number of carbonyl (C=O) groups is 1. The van der Waals surface area contributed by atoms with Crippen molar-refractivity contribution in [2.75, 3.05) is 7.11 Å². The van der Waals surface area contributed by atoms with Crippen LogP contribution in [0.4, 0.5) is 0 Å². The Morgan fingerprint density at radius 1 is 1.00 bits per heavy atom. The van der Waals surface area contributed by atoms with Gasteiger partial charge in [-0.1, -0.05) is 41.6 Å². The van der Waals surface area contributed by atoms with Crippen molar-refractivity contribution in [3.8, 4) is 33.8 Å². The topological polar surface area (TPSA) is 113 Å². The predicted octanol–water partition coefficient (Wildman–Crippen LogP) is 7.27. The number of fused-ring (bicyclic) bond motifs is 1. The van der Waals surface area contributed by atoms with E-state index in [1.54, 1.807) is 12.3 Å². The molecule has 0 bridgehead atoms. The summed E-state index contributed by atoms with van der Waals surface area (Å²) >= 11 is 0. The van der Waals surface area contributed by atoms with Gasteiger partial charge in [0.1, 0.15) is 29.5 Å². The van der Waals surface area contributed by atoms with Gasteiger partial charge in [0.15, 0.2) is 0 Å². The zero-order chi connectivity index (χ0) is 30.1. The zero-order valence-corrected chi connectivity index (χ0v) is 24.2. The third-order valence-electron chi connectivity index (χ3n) is 7.56. The molecule has 6 rings (SSSR count). The van der Waals surface area contributed by atoms with E-state index in [-0.39, 0.29) is 18.2 Å². The Bertz CT molecular complexity index is 1910. The molecular formula is C34H30N4O5. The van der Waals surface area contributed by atoms with E-state index in [9.17, 15) is 9.90 Å². The molecule has 0 saturated carbocycles. The Morgan fingerprint density at radius 3 is 2.44 bits per heavy atom. The van der Waals surface area contributed by atoms with Gasteiger partial charge >= 0.3 is 5.97 Å². The van der Waals surface area contributed by atoms with Crippen LogP contribution in [0, 0.1) is 13.8 Å². The molecular weight excluding hydrogens is 544 g/mol. The molecule has 0 aliphatic rings. The van der Waals surface area contributed by atoms with E-state index in [2.05, 4.69) is 27.7 Å². The fourth-order valence-corrected chi connectivity index (χ4v) is 5.41. The maximum absolute atomic E-state index is 12.1. The summed E-state index contributed by atoms with van der Waals surface area (Å²) in [5.74, 6) is 0.364. The summed E-state index contributed by atoms with van der Waals surface area (Å²) in [6, 6.07) is 20.5. The number of carboxylic acids is 1. The predicted molar refractivity (Wildman–Crippen MR) is 162 cm³/mol. The lowest BCUT2D eigenvalue weighted by molar-refractivity contribution is 0.0696. The lowest BCUT2D eigenvalue weighted by Gasteiger charge is -2.16. The van der Waals surface area contributed by atoms with Gasteiger partial charge in [-0.05, 0) is 56.7 Å². The van der Waals surface area contributed by atoms with Gasteiger partial charge in [-0.3, -0.25) is 4.98 Å². The number of carboxylic acid groups (broad SMARTS) is 1. The quantitative estimate of drug-likeness (QED) is 0.192. The van der Waals surface area contributed by atoms with Crippen molar-refractivity contribution < 1.29 is 23.9 Å². The third kappa shape index (κ3) is 5.21. The van der Waals surface area contributed by atoms with Crippen LogP contribution in [-0.4, -0.2) is 37.9 Å². The standard InChI is InChI=1S/C34H30N4O5/c1-20-31(22(3)43-37-20)25-14-26-27(18-38(33(26)36-17-25)21(2)28-12-8-9-13-35-28)32-29(41-4)15-24(34(39)40)16-30(32)42-19-23-10-6-5-7-11-23/h5-18,21H,19H2,1-4H3,(H,39,40)/t21-/m0/s1. The smallest absolute Gasteiger partial charge is 0.335 e. The Kier molecular flexibility index (Phi) is 7.38. The highest BCUT2D eigenvalue weighted by molar-refractivity contribution is 6.01. The van der Waals surface area contributed by atoms with Gasteiger partial charge in [0.2, 0.25) is 0 Å². The van der Waals surface area contributed by atoms with Crippen molar-refractivity contribution in [2.24, 2.45) is 0 Å². The molecule has 0 aliphatic carbocycles. The van der Waals surface area contributed by atoms with Crippen molar-refractivity contribution in [2.45, 2.75) is 33.4 Å². The molecule has 9 nitrogen and oxygen atoms in total. The zero-order valence-electron chi connectivity index (χ0n) is 24.2. The minimum Gasteiger partial charge on any atom is -0.496 e. The fourth-order valence-electron chi connectivity index (χ4n) is 5.41. The van der Waals surface area contributed by atoms with Crippen molar-refractivity contribution >= 4 is 17.0 Å². The number of ether oxygens (including phenoxy) is 2. The average Bonchev–Trinajstić information content (AvgIpc) is 3.58. The molecule has 0 unspecified atom stereocenters. The van der Waals surface area contributed by atoms with Crippen LogP contribution in [-0.2, 0) is 6.61 Å². The molecule has 0 radical (unpaired) electrons. The van der Waals surface area contributed by atoms with Gasteiger partial charge in [-0.15, -0.1) is 0 Å². The van der Waals surface area contributed by atoms with E-state index in [0.717, 1.165) is 44.7 Å². The molecule has 2 aromatic carbocycles. The van der Waals surface area contributed by atoms with E-state index in [4.69, 9.17) is 19.0 Å².